The van der Waals surface area contributed by atoms with Crippen LogP contribution in [0.5, 0.6) is 0 Å². The van der Waals surface area contributed by atoms with Crippen LogP contribution in [0.3, 0.4) is 0 Å². The maximum Gasteiger partial charge on any atom is 0.252 e. The Hall–Kier alpha value is -2.49. The Morgan fingerprint density at radius 3 is 2.27 bits per heavy atom. The summed E-state index contributed by atoms with van der Waals surface area (Å²) in [6.45, 7) is 0.635. The fourth-order valence-electron chi connectivity index (χ4n) is 6.00. The number of thiophene rings is 1. The highest BCUT2D eigenvalue weighted by atomic mass is 35.5. The number of carbonyl (C=O) groups excluding carboxylic acids is 1. The molecule has 3 aromatic rings. The van der Waals surface area contributed by atoms with Gasteiger partial charge in [-0.05, 0) is 90.6 Å². The van der Waals surface area contributed by atoms with Crippen LogP contribution in [0.4, 0.5) is 0 Å². The van der Waals surface area contributed by atoms with Crippen molar-refractivity contribution in [3.63, 3.8) is 0 Å². The normalized spacial score (nSPS) is 23.3. The minimum Gasteiger partial charge on any atom is -0.273 e. The monoisotopic (exact) mass is 613 g/mol. The molecule has 0 spiro atoms. The Bertz CT molecular complexity index is 1540. The topological polar surface area (TPSA) is 70.1 Å². The summed E-state index contributed by atoms with van der Waals surface area (Å²) < 4.78 is 27.9. The number of sulfonamides is 1. The lowest BCUT2D eigenvalue weighted by atomic mass is 9.77. The molecule has 6 rings (SSSR count). The SMILES string of the molecule is O=C(C1CCN(S(=O)(=O)c2cccs2)CC1)N1N=C2C(=Cc3ccc(Cl)cc3)CCCC2C1c1ccc(Cl)cc1. The molecule has 1 saturated carbocycles. The zero-order chi connectivity index (χ0) is 27.9. The third-order valence-electron chi connectivity index (χ3n) is 8.04. The van der Waals surface area contributed by atoms with Crippen molar-refractivity contribution in [2.75, 3.05) is 13.1 Å². The molecule has 2 aromatic carbocycles. The van der Waals surface area contributed by atoms with Crippen LogP contribution in [0, 0.1) is 11.8 Å². The molecule has 0 bridgehead atoms. The molecule has 2 fully saturated rings. The smallest absolute Gasteiger partial charge is 0.252 e. The van der Waals surface area contributed by atoms with Gasteiger partial charge in [0.25, 0.3) is 10.0 Å². The second-order valence-corrected chi connectivity index (χ2v) is 14.5. The lowest BCUT2D eigenvalue weighted by Crippen LogP contribution is -2.43. The fraction of sp³-hybridized carbons (Fsp3) is 0.333. The van der Waals surface area contributed by atoms with E-state index >= 15 is 0 Å². The number of allylic oxidation sites excluding steroid dienone is 1. The molecule has 3 aliphatic rings. The molecule has 1 saturated heterocycles. The van der Waals surface area contributed by atoms with Gasteiger partial charge in [-0.3, -0.25) is 4.79 Å². The summed E-state index contributed by atoms with van der Waals surface area (Å²) in [5, 5.41) is 9.81. The molecule has 0 N–H and O–H groups in total. The average molecular weight is 615 g/mol. The zero-order valence-electron chi connectivity index (χ0n) is 21.7. The van der Waals surface area contributed by atoms with E-state index in [1.807, 2.05) is 48.5 Å². The van der Waals surface area contributed by atoms with Crippen molar-refractivity contribution in [2.24, 2.45) is 16.9 Å². The number of benzene rings is 2. The molecule has 40 heavy (non-hydrogen) atoms. The summed E-state index contributed by atoms with van der Waals surface area (Å²) in [6.07, 6.45) is 5.93. The molecule has 1 amide bonds. The number of piperidine rings is 1. The van der Waals surface area contributed by atoms with E-state index in [-0.39, 0.29) is 23.8 Å². The Morgan fingerprint density at radius 2 is 1.62 bits per heavy atom. The van der Waals surface area contributed by atoms with Gasteiger partial charge in [0.15, 0.2) is 0 Å². The zero-order valence-corrected chi connectivity index (χ0v) is 24.9. The van der Waals surface area contributed by atoms with Crippen molar-refractivity contribution in [1.82, 2.24) is 9.31 Å². The van der Waals surface area contributed by atoms with Crippen molar-refractivity contribution in [3.05, 3.63) is 92.8 Å². The van der Waals surface area contributed by atoms with Gasteiger partial charge in [0, 0.05) is 35.0 Å². The third-order valence-corrected chi connectivity index (χ3v) is 11.8. The number of hydrogen-bond acceptors (Lipinski definition) is 5. The van der Waals surface area contributed by atoms with E-state index in [1.54, 1.807) is 22.5 Å². The highest BCUT2D eigenvalue weighted by molar-refractivity contribution is 7.91. The van der Waals surface area contributed by atoms with Crippen molar-refractivity contribution in [3.8, 4) is 0 Å². The van der Waals surface area contributed by atoms with Crippen molar-refractivity contribution in [1.29, 1.82) is 0 Å². The molecule has 10 heteroatoms. The predicted molar refractivity (Wildman–Crippen MR) is 161 cm³/mol. The van der Waals surface area contributed by atoms with Crippen molar-refractivity contribution in [2.45, 2.75) is 42.4 Å². The highest BCUT2D eigenvalue weighted by Crippen LogP contribution is 2.45. The molecule has 2 unspecified atom stereocenters. The molecule has 208 valence electrons. The summed E-state index contributed by atoms with van der Waals surface area (Å²) in [7, 11) is -3.53. The van der Waals surface area contributed by atoms with Crippen LogP contribution in [-0.2, 0) is 14.8 Å². The summed E-state index contributed by atoms with van der Waals surface area (Å²) in [5.74, 6) is -0.254. The molecule has 6 nitrogen and oxygen atoms in total. The second-order valence-electron chi connectivity index (χ2n) is 10.5. The summed E-state index contributed by atoms with van der Waals surface area (Å²) >= 11 is 13.5. The number of hydrogen-bond donors (Lipinski definition) is 0. The second kappa shape index (κ2) is 11.4. The van der Waals surface area contributed by atoms with Gasteiger partial charge >= 0.3 is 0 Å². The van der Waals surface area contributed by atoms with Gasteiger partial charge in [-0.15, -0.1) is 11.3 Å². The predicted octanol–water partition coefficient (Wildman–Crippen LogP) is 7.28. The van der Waals surface area contributed by atoms with E-state index in [1.165, 1.54) is 15.6 Å². The van der Waals surface area contributed by atoms with Gasteiger partial charge in [0.2, 0.25) is 5.91 Å². The maximum atomic E-state index is 14.1. The first-order valence-corrected chi connectivity index (χ1v) is 16.6. The lowest BCUT2D eigenvalue weighted by Gasteiger charge is -2.34. The van der Waals surface area contributed by atoms with Crippen molar-refractivity contribution >= 4 is 62.3 Å². The summed E-state index contributed by atoms with van der Waals surface area (Å²) in [6, 6.07) is 18.6. The highest BCUT2D eigenvalue weighted by Gasteiger charge is 2.46. The first kappa shape index (κ1) is 27.7. The largest absolute Gasteiger partial charge is 0.273 e. The van der Waals surface area contributed by atoms with Crippen LogP contribution in [-0.4, -0.2) is 42.4 Å². The number of amides is 1. The molecular formula is C30H29Cl2N3O3S2. The van der Waals surface area contributed by atoms with Crippen LogP contribution in [0.25, 0.3) is 6.08 Å². The fourth-order valence-corrected chi connectivity index (χ4v) is 8.87. The Kier molecular flexibility index (Phi) is 7.90. The quantitative estimate of drug-likeness (QED) is 0.303. The average Bonchev–Trinajstić information content (AvgIpc) is 3.64. The van der Waals surface area contributed by atoms with Crippen LogP contribution in [0.15, 0.2) is 80.9 Å². The van der Waals surface area contributed by atoms with Crippen LogP contribution in [0.2, 0.25) is 10.0 Å². The van der Waals surface area contributed by atoms with E-state index in [4.69, 9.17) is 28.3 Å². The van der Waals surface area contributed by atoms with Gasteiger partial charge < -0.3 is 0 Å². The maximum absolute atomic E-state index is 14.1. The molecular weight excluding hydrogens is 585 g/mol. The molecule has 1 aromatic heterocycles. The van der Waals surface area contributed by atoms with Gasteiger partial charge in [-0.1, -0.05) is 53.5 Å². The standard InChI is InChI=1S/C30H29Cl2N3O3S2/c31-24-10-6-20(7-11-24)19-23-3-1-4-26-28(23)33-35(29(26)21-8-12-25(32)13-9-21)30(36)22-14-16-34(17-15-22)40(37,38)27-5-2-18-39-27/h2,5-13,18-19,22,26,29H,1,3-4,14-17H2. The van der Waals surface area contributed by atoms with Gasteiger partial charge in [0.1, 0.15) is 4.21 Å². The van der Waals surface area contributed by atoms with Crippen LogP contribution in [0.1, 0.15) is 49.3 Å². The first-order valence-electron chi connectivity index (χ1n) is 13.5. The minimum absolute atomic E-state index is 0.0409. The van der Waals surface area contributed by atoms with Crippen LogP contribution >= 0.6 is 34.5 Å². The molecule has 2 aliphatic heterocycles. The van der Waals surface area contributed by atoms with E-state index < -0.39 is 10.0 Å². The van der Waals surface area contributed by atoms with E-state index in [2.05, 4.69) is 6.08 Å². The lowest BCUT2D eigenvalue weighted by molar-refractivity contribution is -0.139. The third kappa shape index (κ3) is 5.40. The van der Waals surface area contributed by atoms with Crippen molar-refractivity contribution < 1.29 is 13.2 Å². The Labute approximate surface area is 249 Å². The number of halogens is 2. The number of nitrogens with zero attached hydrogens (tertiary/aromatic N) is 3. The van der Waals surface area contributed by atoms with Gasteiger partial charge in [-0.25, -0.2) is 13.4 Å². The Balaban J connectivity index is 1.28. The van der Waals surface area contributed by atoms with Crippen LogP contribution < -0.4 is 0 Å². The van der Waals surface area contributed by atoms with E-state index in [9.17, 15) is 13.2 Å². The number of rotatable bonds is 5. The molecule has 0 radical (unpaired) electrons. The number of hydrazone groups is 1. The first-order chi connectivity index (χ1) is 19.3. The van der Waals surface area contributed by atoms with Gasteiger partial charge in [0.05, 0.1) is 11.8 Å². The molecule has 3 heterocycles. The van der Waals surface area contributed by atoms with E-state index in [0.29, 0.717) is 40.2 Å². The van der Waals surface area contributed by atoms with E-state index in [0.717, 1.165) is 41.7 Å². The minimum atomic E-state index is -3.53. The summed E-state index contributed by atoms with van der Waals surface area (Å²) in [4.78, 5) is 14.1. The Morgan fingerprint density at radius 1 is 0.950 bits per heavy atom. The summed E-state index contributed by atoms with van der Waals surface area (Å²) in [5.41, 5.74) is 4.17. The van der Waals surface area contributed by atoms with Gasteiger partial charge in [-0.2, -0.15) is 9.41 Å². The number of carbonyl (C=O) groups is 1. The molecule has 2 atom stereocenters. The number of fused-ring (bicyclic) bond motifs is 1. The molecule has 1 aliphatic carbocycles.